The second kappa shape index (κ2) is 9.65. The van der Waals surface area contributed by atoms with E-state index in [2.05, 4.69) is 15.0 Å². The highest BCUT2D eigenvalue weighted by molar-refractivity contribution is 8.00. The number of rotatable bonds is 8. The molecule has 0 bridgehead atoms. The zero-order chi connectivity index (χ0) is 21.7. The summed E-state index contributed by atoms with van der Waals surface area (Å²) in [6.45, 7) is 0. The molecule has 0 spiro atoms. The lowest BCUT2D eigenvalue weighted by Crippen LogP contribution is -2.13. The normalized spacial score (nSPS) is 11.2. The van der Waals surface area contributed by atoms with E-state index in [1.807, 2.05) is 35.7 Å². The van der Waals surface area contributed by atoms with Gasteiger partial charge in [0.15, 0.2) is 5.13 Å². The molecule has 2 heterocycles. The molecule has 158 valence electrons. The van der Waals surface area contributed by atoms with Crippen molar-refractivity contribution in [1.29, 1.82) is 0 Å². The number of amides is 1. The second-order valence-corrected chi connectivity index (χ2v) is 11.1. The highest BCUT2D eigenvalue weighted by atomic mass is 32.2. The molecule has 0 aliphatic carbocycles. The van der Waals surface area contributed by atoms with Crippen LogP contribution in [0.3, 0.4) is 0 Å². The third-order valence-corrected chi connectivity index (χ3v) is 8.60. The first-order valence-corrected chi connectivity index (χ1v) is 13.3. The second-order valence-electron chi connectivity index (χ2n) is 6.30. The van der Waals surface area contributed by atoms with Crippen LogP contribution in [0.15, 0.2) is 86.6 Å². The van der Waals surface area contributed by atoms with Crippen molar-refractivity contribution in [3.63, 3.8) is 0 Å². The van der Waals surface area contributed by atoms with Crippen molar-refractivity contribution in [2.45, 2.75) is 9.10 Å². The summed E-state index contributed by atoms with van der Waals surface area (Å²) in [6, 6.07) is 19.9. The lowest BCUT2D eigenvalue weighted by atomic mass is 10.2. The van der Waals surface area contributed by atoms with Crippen LogP contribution in [-0.2, 0) is 14.8 Å². The molecule has 10 heteroatoms. The third-order valence-electron chi connectivity index (χ3n) is 4.06. The molecule has 0 fully saturated rings. The lowest BCUT2D eigenvalue weighted by molar-refractivity contribution is -0.113. The Labute approximate surface area is 192 Å². The summed E-state index contributed by atoms with van der Waals surface area (Å²) in [5, 5.41) is 7.00. The topological polar surface area (TPSA) is 88.2 Å². The van der Waals surface area contributed by atoms with Crippen LogP contribution in [0.25, 0.3) is 11.3 Å². The van der Waals surface area contributed by atoms with Gasteiger partial charge >= 0.3 is 0 Å². The summed E-state index contributed by atoms with van der Waals surface area (Å²) >= 11 is 3.91. The average Bonchev–Trinajstić information content (AvgIpc) is 3.47. The first kappa shape index (κ1) is 21.6. The fourth-order valence-corrected chi connectivity index (χ4v) is 6.10. The summed E-state index contributed by atoms with van der Waals surface area (Å²) in [5.74, 6) is 0.0713. The van der Waals surface area contributed by atoms with Crippen LogP contribution in [0.4, 0.5) is 10.8 Å². The number of sulfonamides is 1. The van der Waals surface area contributed by atoms with Crippen LogP contribution in [0.5, 0.6) is 0 Å². The molecular weight excluding hydrogens is 471 g/mol. The van der Waals surface area contributed by atoms with Gasteiger partial charge in [-0.1, -0.05) is 36.4 Å². The molecule has 2 aromatic heterocycles. The van der Waals surface area contributed by atoms with Gasteiger partial charge in [0, 0.05) is 21.5 Å². The monoisotopic (exact) mass is 487 g/mol. The van der Waals surface area contributed by atoms with Gasteiger partial charge < -0.3 is 5.32 Å². The SMILES string of the molecule is O=C(CSc1ccc(NS(=O)(=O)c2cccs2)cc1)Nc1nc(-c2ccccc2)cs1. The Morgan fingerprint density at radius 3 is 2.45 bits per heavy atom. The fourth-order valence-electron chi connectivity index (χ4n) is 2.62. The van der Waals surface area contributed by atoms with Crippen molar-refractivity contribution >= 4 is 61.2 Å². The Morgan fingerprint density at radius 2 is 1.74 bits per heavy atom. The minimum atomic E-state index is -3.57. The summed E-state index contributed by atoms with van der Waals surface area (Å²) < 4.78 is 27.3. The van der Waals surface area contributed by atoms with Crippen molar-refractivity contribution in [2.24, 2.45) is 0 Å². The maximum Gasteiger partial charge on any atom is 0.271 e. The van der Waals surface area contributed by atoms with Crippen LogP contribution >= 0.6 is 34.4 Å². The molecule has 0 aliphatic heterocycles. The molecule has 4 rings (SSSR count). The largest absolute Gasteiger partial charge is 0.301 e. The van der Waals surface area contributed by atoms with Crippen LogP contribution in [0.1, 0.15) is 0 Å². The summed E-state index contributed by atoms with van der Waals surface area (Å²) in [7, 11) is -3.57. The molecule has 2 aromatic carbocycles. The van der Waals surface area contributed by atoms with Crippen molar-refractivity contribution in [3.8, 4) is 11.3 Å². The van der Waals surface area contributed by atoms with Crippen LogP contribution in [0, 0.1) is 0 Å². The van der Waals surface area contributed by atoms with E-state index in [1.165, 1.54) is 23.1 Å². The van der Waals surface area contributed by atoms with Gasteiger partial charge in [0.1, 0.15) is 4.21 Å². The molecule has 0 atom stereocenters. The van der Waals surface area contributed by atoms with Crippen LogP contribution < -0.4 is 10.0 Å². The van der Waals surface area contributed by atoms with Gasteiger partial charge in [-0.2, -0.15) is 0 Å². The minimum Gasteiger partial charge on any atom is -0.301 e. The van der Waals surface area contributed by atoms with E-state index in [1.54, 1.807) is 41.8 Å². The Kier molecular flexibility index (Phi) is 6.71. The number of nitrogens with zero attached hydrogens (tertiary/aromatic N) is 1. The molecule has 0 saturated carbocycles. The van der Waals surface area contributed by atoms with E-state index in [9.17, 15) is 13.2 Å². The number of aromatic nitrogens is 1. The Hall–Kier alpha value is -2.66. The number of thiazole rings is 1. The van der Waals surface area contributed by atoms with E-state index >= 15 is 0 Å². The van der Waals surface area contributed by atoms with E-state index < -0.39 is 10.0 Å². The number of hydrogen-bond acceptors (Lipinski definition) is 7. The zero-order valence-corrected chi connectivity index (χ0v) is 19.3. The van der Waals surface area contributed by atoms with E-state index in [-0.39, 0.29) is 15.9 Å². The summed E-state index contributed by atoms with van der Waals surface area (Å²) in [6.07, 6.45) is 0. The van der Waals surface area contributed by atoms with Gasteiger partial charge in [-0.3, -0.25) is 9.52 Å². The van der Waals surface area contributed by atoms with Gasteiger partial charge in [0.05, 0.1) is 11.4 Å². The van der Waals surface area contributed by atoms with Crippen molar-refractivity contribution in [1.82, 2.24) is 4.98 Å². The first-order chi connectivity index (χ1) is 15.0. The number of benzene rings is 2. The lowest BCUT2D eigenvalue weighted by Gasteiger charge is -2.07. The molecule has 4 aromatic rings. The number of thioether (sulfide) groups is 1. The zero-order valence-electron chi connectivity index (χ0n) is 16.0. The number of carbonyl (C=O) groups excluding carboxylic acids is 1. The number of nitrogens with one attached hydrogen (secondary N) is 2. The minimum absolute atomic E-state index is 0.151. The Bertz CT molecular complexity index is 1250. The fraction of sp³-hybridized carbons (Fsp3) is 0.0476. The highest BCUT2D eigenvalue weighted by Gasteiger charge is 2.15. The quantitative estimate of drug-likeness (QED) is 0.325. The predicted molar refractivity (Wildman–Crippen MR) is 128 cm³/mol. The molecule has 0 saturated heterocycles. The van der Waals surface area contributed by atoms with Crippen LogP contribution in [0.2, 0.25) is 0 Å². The predicted octanol–water partition coefficient (Wildman–Crippen LogP) is 5.40. The Morgan fingerprint density at radius 1 is 0.968 bits per heavy atom. The first-order valence-electron chi connectivity index (χ1n) is 9.09. The molecule has 0 unspecified atom stereocenters. The van der Waals surface area contributed by atoms with E-state index in [4.69, 9.17) is 0 Å². The highest BCUT2D eigenvalue weighted by Crippen LogP contribution is 2.26. The van der Waals surface area contributed by atoms with Gasteiger partial charge in [-0.15, -0.1) is 34.4 Å². The number of carbonyl (C=O) groups is 1. The van der Waals surface area contributed by atoms with Crippen molar-refractivity contribution < 1.29 is 13.2 Å². The molecule has 0 radical (unpaired) electrons. The Balaban J connectivity index is 1.29. The third kappa shape index (κ3) is 5.73. The standard InChI is InChI=1S/C21H17N3O3S4/c25-19(23-21-22-18(13-30-21)15-5-2-1-3-6-15)14-29-17-10-8-16(9-11-17)24-31(26,27)20-7-4-12-28-20/h1-13,24H,14H2,(H,22,23,25). The smallest absolute Gasteiger partial charge is 0.271 e. The van der Waals surface area contributed by atoms with Gasteiger partial charge in [0.2, 0.25) is 5.91 Å². The van der Waals surface area contributed by atoms with E-state index in [0.29, 0.717) is 10.8 Å². The average molecular weight is 488 g/mol. The van der Waals surface area contributed by atoms with Crippen molar-refractivity contribution in [2.75, 3.05) is 15.8 Å². The summed E-state index contributed by atoms with van der Waals surface area (Å²) in [4.78, 5) is 17.6. The van der Waals surface area contributed by atoms with Gasteiger partial charge in [-0.25, -0.2) is 13.4 Å². The van der Waals surface area contributed by atoms with Crippen LogP contribution in [-0.4, -0.2) is 25.1 Å². The molecule has 2 N–H and O–H groups in total. The number of thiophene rings is 1. The van der Waals surface area contributed by atoms with Gasteiger partial charge in [0.25, 0.3) is 10.0 Å². The maximum absolute atomic E-state index is 12.3. The number of anilines is 2. The number of hydrogen-bond donors (Lipinski definition) is 2. The van der Waals surface area contributed by atoms with E-state index in [0.717, 1.165) is 27.5 Å². The van der Waals surface area contributed by atoms with Crippen molar-refractivity contribution in [3.05, 3.63) is 77.5 Å². The summed E-state index contributed by atoms with van der Waals surface area (Å²) in [5.41, 5.74) is 2.30. The molecule has 1 amide bonds. The molecular formula is C21H17N3O3S4. The molecule has 0 aliphatic rings. The molecule has 31 heavy (non-hydrogen) atoms. The maximum atomic E-state index is 12.3. The molecule has 6 nitrogen and oxygen atoms in total. The van der Waals surface area contributed by atoms with Gasteiger partial charge in [-0.05, 0) is 35.7 Å².